The van der Waals surface area contributed by atoms with E-state index < -0.39 is 0 Å². The molecule has 0 saturated heterocycles. The zero-order valence-corrected chi connectivity index (χ0v) is 11.0. The third kappa shape index (κ3) is 1.82. The van der Waals surface area contributed by atoms with Crippen molar-refractivity contribution in [3.63, 3.8) is 0 Å². The van der Waals surface area contributed by atoms with Gasteiger partial charge in [0.15, 0.2) is 5.78 Å². The Labute approximate surface area is 103 Å². The molecule has 2 heteroatoms. The maximum Gasteiger partial charge on any atom is 0.163 e. The van der Waals surface area contributed by atoms with Crippen LogP contribution in [0.25, 0.3) is 0 Å². The maximum atomic E-state index is 12.1. The van der Waals surface area contributed by atoms with Crippen LogP contribution in [0.3, 0.4) is 0 Å². The average molecular weight is 229 g/mol. The molecular formula is C15H19NO. The van der Waals surface area contributed by atoms with Crippen LogP contribution in [0.5, 0.6) is 0 Å². The largest absolute Gasteiger partial charge is 0.294 e. The van der Waals surface area contributed by atoms with Crippen LogP contribution in [0.15, 0.2) is 23.2 Å². The Hall–Kier alpha value is -1.44. The van der Waals surface area contributed by atoms with Gasteiger partial charge in [0, 0.05) is 23.1 Å². The number of hydrogen-bond donors (Lipinski definition) is 0. The molecule has 2 rings (SSSR count). The number of hydrogen-bond acceptors (Lipinski definition) is 2. The summed E-state index contributed by atoms with van der Waals surface area (Å²) in [4.78, 5) is 16.7. The molecule has 0 fully saturated rings. The van der Waals surface area contributed by atoms with Crippen LogP contribution in [0.1, 0.15) is 56.5 Å². The lowest BCUT2D eigenvalue weighted by Crippen LogP contribution is -2.25. The van der Waals surface area contributed by atoms with E-state index in [1.165, 1.54) is 0 Å². The molecule has 0 saturated carbocycles. The molecular weight excluding hydrogens is 210 g/mol. The van der Waals surface area contributed by atoms with Crippen LogP contribution >= 0.6 is 0 Å². The van der Waals surface area contributed by atoms with Crippen molar-refractivity contribution in [1.82, 2.24) is 0 Å². The number of ketones is 1. The van der Waals surface area contributed by atoms with Crippen LogP contribution in [0, 0.1) is 0 Å². The molecule has 1 aliphatic heterocycles. The molecule has 17 heavy (non-hydrogen) atoms. The van der Waals surface area contributed by atoms with Crippen molar-refractivity contribution in [3.05, 3.63) is 29.3 Å². The van der Waals surface area contributed by atoms with E-state index in [0.717, 1.165) is 28.9 Å². The van der Waals surface area contributed by atoms with E-state index in [4.69, 9.17) is 0 Å². The van der Waals surface area contributed by atoms with Gasteiger partial charge < -0.3 is 0 Å². The Morgan fingerprint density at radius 2 is 2.06 bits per heavy atom. The number of fused-ring (bicyclic) bond motifs is 1. The molecule has 0 N–H and O–H groups in total. The van der Waals surface area contributed by atoms with Gasteiger partial charge in [-0.2, -0.15) is 0 Å². The highest BCUT2D eigenvalue weighted by molar-refractivity contribution is 6.06. The fourth-order valence-corrected chi connectivity index (χ4v) is 2.39. The van der Waals surface area contributed by atoms with Gasteiger partial charge in [-0.3, -0.25) is 9.79 Å². The lowest BCUT2D eigenvalue weighted by molar-refractivity contribution is 0.0980. The van der Waals surface area contributed by atoms with Gasteiger partial charge in [-0.05, 0) is 25.0 Å². The molecule has 0 atom stereocenters. The second-order valence-electron chi connectivity index (χ2n) is 5.20. The van der Waals surface area contributed by atoms with Gasteiger partial charge in [0.05, 0.1) is 5.69 Å². The first-order valence-corrected chi connectivity index (χ1v) is 6.21. The van der Waals surface area contributed by atoms with Gasteiger partial charge in [0.2, 0.25) is 0 Å². The van der Waals surface area contributed by atoms with Gasteiger partial charge in [-0.15, -0.1) is 0 Å². The first-order valence-electron chi connectivity index (χ1n) is 6.21. The zero-order chi connectivity index (χ0) is 12.6. The van der Waals surface area contributed by atoms with E-state index in [0.29, 0.717) is 6.42 Å². The van der Waals surface area contributed by atoms with Crippen molar-refractivity contribution in [2.45, 2.75) is 46.0 Å². The van der Waals surface area contributed by atoms with E-state index in [1.807, 2.05) is 32.0 Å². The molecule has 0 radical (unpaired) electrons. The van der Waals surface area contributed by atoms with Crippen LogP contribution < -0.4 is 0 Å². The molecule has 90 valence electrons. The summed E-state index contributed by atoms with van der Waals surface area (Å²) in [6.07, 6.45) is 1.51. The maximum absolute atomic E-state index is 12.1. The summed E-state index contributed by atoms with van der Waals surface area (Å²) in [7, 11) is 0. The molecule has 0 bridgehead atoms. The summed E-state index contributed by atoms with van der Waals surface area (Å²) in [5.41, 5.74) is 3.90. The van der Waals surface area contributed by atoms with E-state index in [9.17, 15) is 4.79 Å². The lowest BCUT2D eigenvalue weighted by atomic mass is 9.78. The molecule has 0 aromatic heterocycles. The Kier molecular flexibility index (Phi) is 2.90. The third-order valence-corrected chi connectivity index (χ3v) is 3.64. The number of carbonyl (C=O) groups excluding carboxylic acids is 1. The molecule has 1 aromatic carbocycles. The summed E-state index contributed by atoms with van der Waals surface area (Å²) < 4.78 is 0. The van der Waals surface area contributed by atoms with Crippen molar-refractivity contribution in [2.24, 2.45) is 4.99 Å². The fourth-order valence-electron chi connectivity index (χ4n) is 2.39. The molecule has 0 amide bonds. The van der Waals surface area contributed by atoms with Crippen molar-refractivity contribution in [3.8, 4) is 0 Å². The minimum absolute atomic E-state index is 0.116. The van der Waals surface area contributed by atoms with Gasteiger partial charge in [-0.25, -0.2) is 0 Å². The van der Waals surface area contributed by atoms with E-state index in [-0.39, 0.29) is 11.2 Å². The monoisotopic (exact) mass is 229 g/mol. The Morgan fingerprint density at radius 3 is 2.71 bits per heavy atom. The summed E-state index contributed by atoms with van der Waals surface area (Å²) in [6.45, 7) is 8.35. The van der Waals surface area contributed by atoms with Crippen molar-refractivity contribution in [1.29, 1.82) is 0 Å². The number of carbonyl (C=O) groups is 1. The van der Waals surface area contributed by atoms with Gasteiger partial charge in [0.1, 0.15) is 0 Å². The highest BCUT2D eigenvalue weighted by Gasteiger charge is 2.35. The Bertz CT molecular complexity index is 498. The number of nitrogens with zero attached hydrogens (tertiary/aromatic N) is 1. The van der Waals surface area contributed by atoms with Gasteiger partial charge in [0.25, 0.3) is 0 Å². The van der Waals surface area contributed by atoms with Crippen LogP contribution in [-0.2, 0) is 5.41 Å². The second-order valence-corrected chi connectivity index (χ2v) is 5.20. The van der Waals surface area contributed by atoms with Crippen LogP contribution in [0.2, 0.25) is 0 Å². The van der Waals surface area contributed by atoms with Gasteiger partial charge in [-0.1, -0.05) is 32.9 Å². The highest BCUT2D eigenvalue weighted by Crippen LogP contribution is 2.42. The molecule has 1 aliphatic rings. The molecule has 0 spiro atoms. The normalized spacial score (nSPS) is 16.6. The molecule has 1 heterocycles. The van der Waals surface area contributed by atoms with Crippen LogP contribution in [0.4, 0.5) is 5.69 Å². The summed E-state index contributed by atoms with van der Waals surface area (Å²) >= 11 is 0. The predicted molar refractivity (Wildman–Crippen MR) is 71.5 cm³/mol. The summed E-state index contributed by atoms with van der Waals surface area (Å²) in [5, 5.41) is 0. The average Bonchev–Trinajstić information content (AvgIpc) is 2.50. The van der Waals surface area contributed by atoms with Gasteiger partial charge >= 0.3 is 0 Å². The fraction of sp³-hybridized carbons (Fsp3) is 0.467. The summed E-state index contributed by atoms with van der Waals surface area (Å²) in [6, 6.07) is 5.86. The van der Waals surface area contributed by atoms with Crippen molar-refractivity contribution >= 4 is 17.2 Å². The number of aliphatic imine (C=N–C) groups is 1. The molecule has 0 aliphatic carbocycles. The number of Topliss-reactive ketones (excluding diaryl/α,β-unsaturated/α-hetero) is 1. The first kappa shape index (κ1) is 12.0. The minimum Gasteiger partial charge on any atom is -0.294 e. The third-order valence-electron chi connectivity index (χ3n) is 3.64. The number of rotatable bonds is 3. The molecule has 2 nitrogen and oxygen atoms in total. The quantitative estimate of drug-likeness (QED) is 0.719. The minimum atomic E-state index is -0.116. The number of benzene rings is 1. The lowest BCUT2D eigenvalue weighted by Gasteiger charge is -2.22. The van der Waals surface area contributed by atoms with Crippen LogP contribution in [-0.4, -0.2) is 11.5 Å². The van der Waals surface area contributed by atoms with Crippen molar-refractivity contribution < 1.29 is 4.79 Å². The predicted octanol–water partition coefficient (Wildman–Crippen LogP) is 4.05. The second kappa shape index (κ2) is 4.10. The molecule has 1 aromatic rings. The van der Waals surface area contributed by atoms with E-state index >= 15 is 0 Å². The Morgan fingerprint density at radius 1 is 1.35 bits per heavy atom. The van der Waals surface area contributed by atoms with E-state index in [2.05, 4.69) is 18.8 Å². The first-order chi connectivity index (χ1) is 7.98. The topological polar surface area (TPSA) is 29.4 Å². The smallest absolute Gasteiger partial charge is 0.163 e. The zero-order valence-electron chi connectivity index (χ0n) is 11.0. The summed E-state index contributed by atoms with van der Waals surface area (Å²) in [5.74, 6) is 0.238. The van der Waals surface area contributed by atoms with Crippen molar-refractivity contribution in [2.75, 3.05) is 0 Å². The highest BCUT2D eigenvalue weighted by atomic mass is 16.1. The SMILES string of the molecule is CCCC(=O)c1cccc2c1C(C)(C)C(C)=N2. The molecule has 0 unspecified atom stereocenters. The standard InChI is InChI=1S/C15H19NO/c1-5-7-13(17)11-8-6-9-12-14(11)15(3,4)10(2)16-12/h6,8-9H,5,7H2,1-4H3. The Balaban J connectivity index is 2.55. The van der Waals surface area contributed by atoms with E-state index in [1.54, 1.807) is 0 Å².